The SMILES string of the molecule is CC(C)(C)OC(=O)c1cc(C#N)ccc1Oc1nc(Oc2cccc(N=C(N)N)c2)nc(N)c1N. The second-order valence-corrected chi connectivity index (χ2v) is 8.17. The fourth-order valence-electron chi connectivity index (χ4n) is 2.72. The molecule has 12 nitrogen and oxygen atoms in total. The Hall–Kier alpha value is -5.05. The number of aliphatic imine (C=N–C) groups is 1. The topological polar surface area (TPSA) is 211 Å². The predicted octanol–water partition coefficient (Wildman–Crippen LogP) is 2.96. The molecule has 0 aliphatic rings. The van der Waals surface area contributed by atoms with E-state index in [-0.39, 0.29) is 46.2 Å². The Labute approximate surface area is 201 Å². The van der Waals surface area contributed by atoms with Gasteiger partial charge >= 0.3 is 12.0 Å². The van der Waals surface area contributed by atoms with Crippen LogP contribution in [-0.4, -0.2) is 27.5 Å². The van der Waals surface area contributed by atoms with Crippen molar-refractivity contribution in [3.63, 3.8) is 0 Å². The van der Waals surface area contributed by atoms with Gasteiger partial charge in [-0.1, -0.05) is 6.07 Å². The number of carbonyl (C=O) groups excluding carboxylic acids is 1. The van der Waals surface area contributed by atoms with Gasteiger partial charge < -0.3 is 37.1 Å². The molecule has 0 saturated carbocycles. The van der Waals surface area contributed by atoms with Crippen LogP contribution in [-0.2, 0) is 4.74 Å². The lowest BCUT2D eigenvalue weighted by Crippen LogP contribution is -2.24. The molecule has 0 amide bonds. The van der Waals surface area contributed by atoms with Crippen molar-refractivity contribution < 1.29 is 19.0 Å². The van der Waals surface area contributed by atoms with Crippen LogP contribution in [0.1, 0.15) is 36.7 Å². The van der Waals surface area contributed by atoms with Crippen molar-refractivity contribution in [3.05, 3.63) is 53.6 Å². The summed E-state index contributed by atoms with van der Waals surface area (Å²) in [5.74, 6) is -0.730. The van der Waals surface area contributed by atoms with Gasteiger partial charge in [-0.05, 0) is 51.1 Å². The third-order valence-corrected chi connectivity index (χ3v) is 4.14. The molecule has 8 N–H and O–H groups in total. The molecule has 0 bridgehead atoms. The molecule has 35 heavy (non-hydrogen) atoms. The van der Waals surface area contributed by atoms with Gasteiger partial charge in [-0.2, -0.15) is 15.2 Å². The number of rotatable bonds is 6. The Balaban J connectivity index is 1.97. The van der Waals surface area contributed by atoms with E-state index in [9.17, 15) is 10.1 Å². The van der Waals surface area contributed by atoms with Crippen LogP contribution in [0.4, 0.5) is 17.2 Å². The zero-order valence-electron chi connectivity index (χ0n) is 19.3. The first-order chi connectivity index (χ1) is 16.4. The van der Waals surface area contributed by atoms with Crippen molar-refractivity contribution in [1.29, 1.82) is 5.26 Å². The molecular formula is C23H24N8O4. The number of anilines is 2. The number of ether oxygens (including phenoxy) is 3. The highest BCUT2D eigenvalue weighted by Gasteiger charge is 2.23. The summed E-state index contributed by atoms with van der Waals surface area (Å²) >= 11 is 0. The van der Waals surface area contributed by atoms with Crippen molar-refractivity contribution in [2.75, 3.05) is 11.5 Å². The number of nitrogens with two attached hydrogens (primary N) is 4. The van der Waals surface area contributed by atoms with E-state index < -0.39 is 11.6 Å². The van der Waals surface area contributed by atoms with Crippen LogP contribution < -0.4 is 32.4 Å². The Bertz CT molecular complexity index is 1340. The van der Waals surface area contributed by atoms with Crippen molar-refractivity contribution in [2.45, 2.75) is 26.4 Å². The maximum Gasteiger partial charge on any atom is 0.342 e. The molecule has 0 saturated heterocycles. The summed E-state index contributed by atoms with van der Waals surface area (Å²) in [6, 6.07) is 12.5. The summed E-state index contributed by atoms with van der Waals surface area (Å²) in [5.41, 5.74) is 22.6. The average Bonchev–Trinajstić information content (AvgIpc) is 2.76. The minimum atomic E-state index is -0.774. The molecule has 0 unspecified atom stereocenters. The van der Waals surface area contributed by atoms with Crippen LogP contribution in [0.2, 0.25) is 0 Å². The smallest absolute Gasteiger partial charge is 0.342 e. The largest absolute Gasteiger partial charge is 0.456 e. The second-order valence-electron chi connectivity index (χ2n) is 8.17. The molecule has 0 spiro atoms. The van der Waals surface area contributed by atoms with Crippen molar-refractivity contribution in [2.24, 2.45) is 16.5 Å². The molecule has 180 valence electrons. The van der Waals surface area contributed by atoms with Crippen molar-refractivity contribution in [3.8, 4) is 29.5 Å². The van der Waals surface area contributed by atoms with Gasteiger partial charge in [-0.15, -0.1) is 0 Å². The number of nitriles is 1. The molecule has 1 aromatic heterocycles. The normalized spacial score (nSPS) is 10.7. The van der Waals surface area contributed by atoms with Crippen LogP contribution in [0.15, 0.2) is 47.5 Å². The molecule has 3 aromatic rings. The first-order valence-corrected chi connectivity index (χ1v) is 10.2. The highest BCUT2D eigenvalue weighted by Crippen LogP contribution is 2.34. The van der Waals surface area contributed by atoms with E-state index in [0.29, 0.717) is 11.4 Å². The Kier molecular flexibility index (Phi) is 6.91. The summed E-state index contributed by atoms with van der Waals surface area (Å²) in [6.45, 7) is 5.15. The Morgan fingerprint density at radius 3 is 2.46 bits per heavy atom. The quantitative estimate of drug-likeness (QED) is 0.231. The highest BCUT2D eigenvalue weighted by atomic mass is 16.6. The molecule has 0 atom stereocenters. The number of aromatic nitrogens is 2. The lowest BCUT2D eigenvalue weighted by Gasteiger charge is -2.20. The van der Waals surface area contributed by atoms with Crippen LogP contribution in [0.5, 0.6) is 23.4 Å². The minimum absolute atomic E-state index is 0.00274. The number of nitrogens with zero attached hydrogens (tertiary/aromatic N) is 4. The first kappa shape index (κ1) is 24.6. The number of hydrogen-bond donors (Lipinski definition) is 4. The van der Waals surface area contributed by atoms with Gasteiger partial charge in [-0.25, -0.2) is 9.79 Å². The molecule has 0 fully saturated rings. The van der Waals surface area contributed by atoms with Crippen LogP contribution in [0, 0.1) is 11.3 Å². The summed E-state index contributed by atoms with van der Waals surface area (Å²) in [5, 5.41) is 9.24. The van der Waals surface area contributed by atoms with Crippen molar-refractivity contribution in [1.82, 2.24) is 9.97 Å². The monoisotopic (exact) mass is 476 g/mol. The van der Waals surface area contributed by atoms with Crippen LogP contribution in [0.25, 0.3) is 0 Å². The zero-order valence-corrected chi connectivity index (χ0v) is 19.3. The van der Waals surface area contributed by atoms with E-state index in [4.69, 9.17) is 37.1 Å². The zero-order chi connectivity index (χ0) is 25.8. The average molecular weight is 476 g/mol. The molecule has 2 aromatic carbocycles. The molecule has 3 rings (SSSR count). The fraction of sp³-hybridized carbons (Fsp3) is 0.174. The fourth-order valence-corrected chi connectivity index (χ4v) is 2.72. The van der Waals surface area contributed by atoms with Crippen LogP contribution in [0.3, 0.4) is 0 Å². The Morgan fingerprint density at radius 1 is 1.06 bits per heavy atom. The third kappa shape index (κ3) is 6.48. The molecular weight excluding hydrogens is 452 g/mol. The van der Waals surface area contributed by atoms with E-state index in [2.05, 4.69) is 15.0 Å². The highest BCUT2D eigenvalue weighted by molar-refractivity contribution is 5.93. The number of benzene rings is 2. The Morgan fingerprint density at radius 2 is 1.80 bits per heavy atom. The minimum Gasteiger partial charge on any atom is -0.456 e. The predicted molar refractivity (Wildman–Crippen MR) is 129 cm³/mol. The van der Waals surface area contributed by atoms with E-state index >= 15 is 0 Å². The van der Waals surface area contributed by atoms with Gasteiger partial charge in [-0.3, -0.25) is 0 Å². The van der Waals surface area contributed by atoms with E-state index in [1.807, 2.05) is 6.07 Å². The van der Waals surface area contributed by atoms with E-state index in [1.165, 1.54) is 18.2 Å². The standard InChI is InChI=1S/C23H24N8O4/c1-23(2,3)35-20(32)15-9-12(11-24)7-8-16(15)34-19-17(25)18(26)30-22(31-19)33-14-6-4-5-13(10-14)29-21(27)28/h4-10H,25H2,1-3H3,(H2,26,30,31)(H4,27,28,29). The van der Waals surface area contributed by atoms with Gasteiger partial charge in [0.25, 0.3) is 5.88 Å². The number of guanidine groups is 1. The molecule has 12 heteroatoms. The lowest BCUT2D eigenvalue weighted by molar-refractivity contribution is 0.00671. The first-order valence-electron chi connectivity index (χ1n) is 10.2. The van der Waals surface area contributed by atoms with E-state index in [1.54, 1.807) is 45.0 Å². The molecule has 0 aliphatic heterocycles. The molecule has 1 heterocycles. The number of hydrogen-bond acceptors (Lipinski definition) is 10. The van der Waals surface area contributed by atoms with E-state index in [0.717, 1.165) is 0 Å². The van der Waals surface area contributed by atoms with Crippen molar-refractivity contribution >= 4 is 29.1 Å². The lowest BCUT2D eigenvalue weighted by atomic mass is 10.1. The van der Waals surface area contributed by atoms with Gasteiger partial charge in [0.2, 0.25) is 0 Å². The molecule has 0 aliphatic carbocycles. The maximum absolute atomic E-state index is 12.8. The number of esters is 1. The third-order valence-electron chi connectivity index (χ3n) is 4.14. The number of nitrogen functional groups attached to an aromatic ring is 2. The van der Waals surface area contributed by atoms with Gasteiger partial charge in [0.1, 0.15) is 28.4 Å². The maximum atomic E-state index is 12.8. The van der Waals surface area contributed by atoms with Gasteiger partial charge in [0, 0.05) is 6.07 Å². The summed E-state index contributed by atoms with van der Waals surface area (Å²) in [4.78, 5) is 24.9. The number of carbonyl (C=O) groups is 1. The summed E-state index contributed by atoms with van der Waals surface area (Å²) in [7, 11) is 0. The second kappa shape index (κ2) is 9.84. The van der Waals surface area contributed by atoms with Gasteiger partial charge in [0.15, 0.2) is 11.8 Å². The van der Waals surface area contributed by atoms with Gasteiger partial charge in [0.05, 0.1) is 17.3 Å². The summed E-state index contributed by atoms with van der Waals surface area (Å²) < 4.78 is 16.9. The summed E-state index contributed by atoms with van der Waals surface area (Å²) in [6.07, 6.45) is 0. The molecule has 0 radical (unpaired) electrons. The van der Waals surface area contributed by atoms with Crippen LogP contribution >= 0.6 is 0 Å².